The first-order chi connectivity index (χ1) is 14.7. The van der Waals surface area contributed by atoms with Gasteiger partial charge in [-0.2, -0.15) is 0 Å². The van der Waals surface area contributed by atoms with Gasteiger partial charge in [0.1, 0.15) is 5.75 Å². The van der Waals surface area contributed by atoms with E-state index < -0.39 is 5.60 Å². The van der Waals surface area contributed by atoms with Crippen molar-refractivity contribution in [2.75, 3.05) is 0 Å². The van der Waals surface area contributed by atoms with E-state index in [1.165, 1.54) is 0 Å². The molecule has 1 amide bonds. The highest BCUT2D eigenvalue weighted by molar-refractivity contribution is 5.90. The summed E-state index contributed by atoms with van der Waals surface area (Å²) in [4.78, 5) is 19.2. The van der Waals surface area contributed by atoms with E-state index in [0.29, 0.717) is 12.5 Å². The number of carbonyl (C=O) groups excluding carboxylic acids is 1. The monoisotopic (exact) mass is 422 g/mol. The van der Waals surface area contributed by atoms with Crippen LogP contribution < -0.4 is 4.74 Å². The number of piperidine rings is 1. The minimum Gasteiger partial charge on any atom is -0.490 e. The first kappa shape index (κ1) is 19.7. The summed E-state index contributed by atoms with van der Waals surface area (Å²) in [6.07, 6.45) is 7.50. The second-order valence-corrected chi connectivity index (χ2v) is 11.4. The third kappa shape index (κ3) is 2.39. The topological polar surface area (TPSA) is 65.6 Å². The molecule has 5 nitrogen and oxygen atoms in total. The lowest BCUT2D eigenvalue weighted by Crippen LogP contribution is -2.73. The van der Waals surface area contributed by atoms with Gasteiger partial charge < -0.3 is 19.7 Å². The summed E-state index contributed by atoms with van der Waals surface area (Å²) in [6.45, 7) is 8.51. The molecule has 1 aliphatic heterocycles. The molecule has 2 aromatic rings. The van der Waals surface area contributed by atoms with E-state index >= 15 is 0 Å². The standard InChI is InChI=1S/C26H34N2O3/c1-15(2)31-21-7-5-6-20-23(21)19(13-27-20)16(3)8-22(29)28-17-9-24(4)25(10-17)11-18(28)12-26(24,30)14-25/h5-7,13,15-18,27,30H,8-12,14H2,1-4H3. The van der Waals surface area contributed by atoms with Crippen LogP contribution in [0.3, 0.4) is 0 Å². The summed E-state index contributed by atoms with van der Waals surface area (Å²) >= 11 is 0. The third-order valence-electron chi connectivity index (χ3n) is 9.45. The normalized spacial score (nSPS) is 38.6. The maximum Gasteiger partial charge on any atom is 0.223 e. The Morgan fingerprint density at radius 1 is 1.23 bits per heavy atom. The van der Waals surface area contributed by atoms with Crippen LogP contribution in [0.5, 0.6) is 5.75 Å². The Bertz CT molecular complexity index is 1070. The smallest absolute Gasteiger partial charge is 0.223 e. The van der Waals surface area contributed by atoms with E-state index in [0.717, 1.165) is 54.3 Å². The number of likely N-dealkylation sites (tertiary alicyclic amines) is 1. The number of hydrogen-bond acceptors (Lipinski definition) is 3. The highest BCUT2D eigenvalue weighted by Gasteiger charge is 2.80. The highest BCUT2D eigenvalue weighted by Crippen LogP contribution is 2.80. The zero-order valence-electron chi connectivity index (χ0n) is 19.1. The van der Waals surface area contributed by atoms with E-state index in [-0.39, 0.29) is 34.8 Å². The van der Waals surface area contributed by atoms with Gasteiger partial charge in [0.15, 0.2) is 0 Å². The molecule has 166 valence electrons. The molecule has 4 aliphatic carbocycles. The molecule has 31 heavy (non-hydrogen) atoms. The van der Waals surface area contributed by atoms with Gasteiger partial charge in [-0.05, 0) is 75.0 Å². The Kier molecular flexibility index (Phi) is 3.84. The molecule has 5 fully saturated rings. The lowest BCUT2D eigenvalue weighted by atomic mass is 9.37. The molecule has 1 spiro atoms. The number of ether oxygens (including phenoxy) is 1. The van der Waals surface area contributed by atoms with Crippen molar-refractivity contribution in [3.8, 4) is 5.75 Å². The maximum absolute atomic E-state index is 13.6. The molecule has 1 aromatic carbocycles. The first-order valence-corrected chi connectivity index (χ1v) is 12.0. The largest absolute Gasteiger partial charge is 0.490 e. The highest BCUT2D eigenvalue weighted by atomic mass is 16.5. The summed E-state index contributed by atoms with van der Waals surface area (Å²) in [7, 11) is 0. The number of fused-ring (bicyclic) bond motifs is 2. The molecule has 5 heteroatoms. The molecular formula is C26H34N2O3. The number of H-pyrrole nitrogens is 1. The van der Waals surface area contributed by atoms with Crippen LogP contribution in [-0.4, -0.2) is 44.7 Å². The lowest BCUT2D eigenvalue weighted by molar-refractivity contribution is -0.286. The number of aromatic nitrogens is 1. The molecule has 6 atom stereocenters. The van der Waals surface area contributed by atoms with Gasteiger partial charge >= 0.3 is 0 Å². The molecule has 2 heterocycles. The number of nitrogens with one attached hydrogen (secondary N) is 1. The van der Waals surface area contributed by atoms with E-state index in [1.54, 1.807) is 0 Å². The molecule has 5 aliphatic rings. The first-order valence-electron chi connectivity index (χ1n) is 12.0. The van der Waals surface area contributed by atoms with Crippen LogP contribution in [0.1, 0.15) is 77.7 Å². The van der Waals surface area contributed by atoms with Crippen molar-refractivity contribution in [3.63, 3.8) is 0 Å². The van der Waals surface area contributed by atoms with Crippen LogP contribution >= 0.6 is 0 Å². The van der Waals surface area contributed by atoms with Gasteiger partial charge in [0.25, 0.3) is 0 Å². The van der Waals surface area contributed by atoms with Crippen molar-refractivity contribution in [1.29, 1.82) is 0 Å². The second-order valence-electron chi connectivity index (χ2n) is 11.4. The molecule has 2 N–H and O–H groups in total. The van der Waals surface area contributed by atoms with Gasteiger partial charge in [0.2, 0.25) is 5.91 Å². The average molecular weight is 423 g/mol. The van der Waals surface area contributed by atoms with Crippen LogP contribution in [-0.2, 0) is 4.79 Å². The fraction of sp³-hybridized carbons (Fsp3) is 0.654. The van der Waals surface area contributed by atoms with Crippen molar-refractivity contribution in [2.45, 2.75) is 95.9 Å². The lowest BCUT2D eigenvalue weighted by Gasteiger charge is -2.71. The van der Waals surface area contributed by atoms with Gasteiger partial charge in [-0.3, -0.25) is 4.79 Å². The number of benzene rings is 1. The van der Waals surface area contributed by atoms with Gasteiger partial charge in [-0.1, -0.05) is 19.9 Å². The van der Waals surface area contributed by atoms with E-state index in [1.807, 2.05) is 32.2 Å². The number of nitrogens with zero attached hydrogens (tertiary/aromatic N) is 1. The summed E-state index contributed by atoms with van der Waals surface area (Å²) in [6, 6.07) is 6.62. The summed E-state index contributed by atoms with van der Waals surface area (Å²) in [5, 5.41) is 12.4. The van der Waals surface area contributed by atoms with Crippen LogP contribution in [0.15, 0.2) is 24.4 Å². The Balaban J connectivity index is 1.26. The minimum atomic E-state index is -0.550. The Labute approximate surface area is 184 Å². The average Bonchev–Trinajstić information content (AvgIpc) is 3.17. The van der Waals surface area contributed by atoms with Gasteiger partial charge in [0.05, 0.1) is 11.7 Å². The molecule has 6 unspecified atom stereocenters. The Hall–Kier alpha value is -2.01. The maximum atomic E-state index is 13.6. The number of rotatable bonds is 5. The zero-order chi connectivity index (χ0) is 21.8. The van der Waals surface area contributed by atoms with Crippen molar-refractivity contribution >= 4 is 16.8 Å². The molecule has 4 bridgehead atoms. The predicted molar refractivity (Wildman–Crippen MR) is 120 cm³/mol. The Morgan fingerprint density at radius 3 is 2.71 bits per heavy atom. The van der Waals surface area contributed by atoms with E-state index in [4.69, 9.17) is 4.74 Å². The third-order valence-corrected chi connectivity index (χ3v) is 9.45. The van der Waals surface area contributed by atoms with E-state index in [9.17, 15) is 9.90 Å². The summed E-state index contributed by atoms with van der Waals surface area (Å²) in [5.74, 6) is 1.23. The number of aromatic amines is 1. The quantitative estimate of drug-likeness (QED) is 0.731. The van der Waals surface area contributed by atoms with Crippen LogP contribution in [0, 0.1) is 10.8 Å². The summed E-state index contributed by atoms with van der Waals surface area (Å²) in [5.41, 5.74) is 1.96. The number of aliphatic hydroxyl groups is 1. The van der Waals surface area contributed by atoms with Crippen LogP contribution in [0.4, 0.5) is 0 Å². The molecule has 1 aromatic heterocycles. The molecule has 1 saturated heterocycles. The van der Waals surface area contributed by atoms with Crippen molar-refractivity contribution in [3.05, 3.63) is 30.0 Å². The van der Waals surface area contributed by atoms with Crippen LogP contribution in [0.25, 0.3) is 10.9 Å². The molecule has 4 saturated carbocycles. The number of hydrogen-bond donors (Lipinski definition) is 2. The SMILES string of the molecule is CC(C)Oc1cccc2[nH]cc(C(C)CC(=O)N3C4CC5(O)CC6(C4)CC3CC56C)c12. The fourth-order valence-electron chi connectivity index (χ4n) is 8.12. The Morgan fingerprint density at radius 2 is 1.97 bits per heavy atom. The predicted octanol–water partition coefficient (Wildman–Crippen LogP) is 4.74. The molecule has 0 radical (unpaired) electrons. The molecule has 7 rings (SSSR count). The van der Waals surface area contributed by atoms with Crippen molar-refractivity contribution < 1.29 is 14.6 Å². The molecular weight excluding hydrogens is 388 g/mol. The second kappa shape index (κ2) is 6.06. The van der Waals surface area contributed by atoms with E-state index in [2.05, 4.69) is 29.8 Å². The number of carbonyl (C=O) groups is 1. The summed E-state index contributed by atoms with van der Waals surface area (Å²) < 4.78 is 6.07. The van der Waals surface area contributed by atoms with Crippen LogP contribution in [0.2, 0.25) is 0 Å². The fourth-order valence-corrected chi connectivity index (χ4v) is 8.12. The van der Waals surface area contributed by atoms with Crippen molar-refractivity contribution in [2.24, 2.45) is 10.8 Å². The van der Waals surface area contributed by atoms with Gasteiger partial charge in [-0.15, -0.1) is 0 Å². The van der Waals surface area contributed by atoms with Gasteiger partial charge in [-0.25, -0.2) is 0 Å². The van der Waals surface area contributed by atoms with Gasteiger partial charge in [0, 0.05) is 41.0 Å². The van der Waals surface area contributed by atoms with Crippen molar-refractivity contribution in [1.82, 2.24) is 9.88 Å². The number of amides is 1. The zero-order valence-corrected chi connectivity index (χ0v) is 19.1. The minimum absolute atomic E-state index is 0.0156.